The molecule has 3 unspecified atom stereocenters. The van der Waals surface area contributed by atoms with Crippen molar-refractivity contribution in [3.05, 3.63) is 0 Å². The van der Waals surface area contributed by atoms with Gasteiger partial charge in [0.15, 0.2) is 0 Å². The summed E-state index contributed by atoms with van der Waals surface area (Å²) in [5, 5.41) is 3.48. The molecule has 0 bridgehead atoms. The number of rotatable bonds is 8. The van der Waals surface area contributed by atoms with Gasteiger partial charge in [-0.1, -0.05) is 27.7 Å². The number of nitrogens with one attached hydrogen (secondary N) is 1. The quantitative estimate of drug-likeness (QED) is 0.665. The first-order valence-corrected chi connectivity index (χ1v) is 7.92. The first-order valence-electron chi connectivity index (χ1n) is 7.92. The van der Waals surface area contributed by atoms with Crippen LogP contribution in [0.15, 0.2) is 0 Å². The lowest BCUT2D eigenvalue weighted by atomic mass is 9.80. The molecule has 0 saturated heterocycles. The Bertz CT molecular complexity index is 205. The molecule has 0 aromatic rings. The van der Waals surface area contributed by atoms with Crippen LogP contribution in [0.2, 0.25) is 0 Å². The summed E-state index contributed by atoms with van der Waals surface area (Å²) in [5.41, 5.74) is 0. The summed E-state index contributed by atoms with van der Waals surface area (Å²) in [5.74, 6) is 2.55. The maximum Gasteiger partial charge on any atom is 0.0594 e. The van der Waals surface area contributed by atoms with Crippen LogP contribution in [0.4, 0.5) is 0 Å². The van der Waals surface area contributed by atoms with Gasteiger partial charge in [0.05, 0.1) is 12.7 Å². The topological polar surface area (TPSA) is 21.3 Å². The van der Waals surface area contributed by atoms with Crippen molar-refractivity contribution in [2.75, 3.05) is 19.7 Å². The molecule has 2 heteroatoms. The lowest BCUT2D eigenvalue weighted by Gasteiger charge is -2.32. The third-order valence-electron chi connectivity index (χ3n) is 4.32. The molecule has 0 radical (unpaired) electrons. The Morgan fingerprint density at radius 1 is 1.11 bits per heavy atom. The molecule has 0 aromatic heterocycles. The van der Waals surface area contributed by atoms with Crippen LogP contribution in [-0.4, -0.2) is 25.8 Å². The highest BCUT2D eigenvalue weighted by molar-refractivity contribution is 4.75. The van der Waals surface area contributed by atoms with Crippen LogP contribution < -0.4 is 5.32 Å². The molecular weight excluding hydrogens is 222 g/mol. The molecule has 0 aliphatic heterocycles. The van der Waals surface area contributed by atoms with Gasteiger partial charge in [-0.15, -0.1) is 0 Å². The summed E-state index contributed by atoms with van der Waals surface area (Å²) in [6, 6.07) is 0. The first-order chi connectivity index (χ1) is 8.59. The number of ether oxygens (including phenoxy) is 1. The normalized spacial score (nSPS) is 28.8. The Morgan fingerprint density at radius 3 is 2.56 bits per heavy atom. The van der Waals surface area contributed by atoms with E-state index in [9.17, 15) is 0 Å². The highest BCUT2D eigenvalue weighted by Gasteiger charge is 2.24. The molecule has 0 amide bonds. The van der Waals surface area contributed by atoms with Gasteiger partial charge in [-0.05, 0) is 56.4 Å². The summed E-state index contributed by atoms with van der Waals surface area (Å²) in [7, 11) is 0. The Morgan fingerprint density at radius 2 is 1.89 bits per heavy atom. The zero-order chi connectivity index (χ0) is 13.4. The highest BCUT2D eigenvalue weighted by atomic mass is 16.5. The minimum absolute atomic E-state index is 0.522. The molecule has 2 nitrogen and oxygen atoms in total. The van der Waals surface area contributed by atoms with Crippen molar-refractivity contribution in [2.24, 2.45) is 17.8 Å². The molecule has 0 aromatic carbocycles. The fraction of sp³-hybridized carbons (Fsp3) is 1.00. The smallest absolute Gasteiger partial charge is 0.0594 e. The van der Waals surface area contributed by atoms with Crippen molar-refractivity contribution in [3.8, 4) is 0 Å². The molecule has 1 aliphatic rings. The van der Waals surface area contributed by atoms with Gasteiger partial charge >= 0.3 is 0 Å². The van der Waals surface area contributed by atoms with Crippen molar-refractivity contribution in [2.45, 2.75) is 65.9 Å². The van der Waals surface area contributed by atoms with E-state index in [-0.39, 0.29) is 0 Å². The van der Waals surface area contributed by atoms with E-state index in [1.807, 2.05) is 0 Å². The van der Waals surface area contributed by atoms with Crippen molar-refractivity contribution >= 4 is 0 Å². The van der Waals surface area contributed by atoms with Crippen molar-refractivity contribution < 1.29 is 4.74 Å². The molecule has 3 atom stereocenters. The molecule has 0 heterocycles. The third kappa shape index (κ3) is 6.75. The number of hydrogen-bond donors (Lipinski definition) is 1. The summed E-state index contributed by atoms with van der Waals surface area (Å²) in [4.78, 5) is 0. The Labute approximate surface area is 114 Å². The summed E-state index contributed by atoms with van der Waals surface area (Å²) >= 11 is 0. The zero-order valence-electron chi connectivity index (χ0n) is 12.9. The zero-order valence-corrected chi connectivity index (χ0v) is 12.9. The lowest BCUT2D eigenvalue weighted by molar-refractivity contribution is 0.00434. The van der Waals surface area contributed by atoms with Gasteiger partial charge in [0.25, 0.3) is 0 Å². The second-order valence-electron chi connectivity index (χ2n) is 6.55. The molecule has 1 fully saturated rings. The summed E-state index contributed by atoms with van der Waals surface area (Å²) in [6.45, 7) is 12.3. The van der Waals surface area contributed by atoms with Gasteiger partial charge in [0.2, 0.25) is 0 Å². The fourth-order valence-corrected chi connectivity index (χ4v) is 2.71. The van der Waals surface area contributed by atoms with Crippen molar-refractivity contribution in [1.29, 1.82) is 0 Å². The third-order valence-corrected chi connectivity index (χ3v) is 4.32. The van der Waals surface area contributed by atoms with Crippen molar-refractivity contribution in [1.82, 2.24) is 5.32 Å². The largest absolute Gasteiger partial charge is 0.377 e. The fourth-order valence-electron chi connectivity index (χ4n) is 2.71. The van der Waals surface area contributed by atoms with E-state index in [0.717, 1.165) is 37.5 Å². The SMILES string of the molecule is CC(C)CCCNCCOC1CCC(C)C(C)C1. The van der Waals surface area contributed by atoms with Crippen LogP contribution >= 0.6 is 0 Å². The van der Waals surface area contributed by atoms with Crippen LogP contribution in [0.1, 0.15) is 59.8 Å². The standard InChI is InChI=1S/C16H33NO/c1-13(2)6-5-9-17-10-11-18-16-8-7-14(3)15(4)12-16/h13-17H,5-12H2,1-4H3. The first kappa shape index (κ1) is 16.0. The Hall–Kier alpha value is -0.0800. The van der Waals surface area contributed by atoms with Crippen LogP contribution in [0, 0.1) is 17.8 Å². The van der Waals surface area contributed by atoms with E-state index in [2.05, 4.69) is 33.0 Å². The van der Waals surface area contributed by atoms with Crippen LogP contribution in [0.3, 0.4) is 0 Å². The molecular formula is C16H33NO. The maximum atomic E-state index is 5.97. The number of hydrogen-bond acceptors (Lipinski definition) is 2. The average Bonchev–Trinajstić information content (AvgIpc) is 2.32. The van der Waals surface area contributed by atoms with Crippen LogP contribution in [-0.2, 0) is 4.74 Å². The predicted octanol–water partition coefficient (Wildman–Crippen LogP) is 3.85. The van der Waals surface area contributed by atoms with Gasteiger partial charge < -0.3 is 10.1 Å². The molecule has 0 spiro atoms. The monoisotopic (exact) mass is 255 g/mol. The highest BCUT2D eigenvalue weighted by Crippen LogP contribution is 2.30. The van der Waals surface area contributed by atoms with Gasteiger partial charge in [-0.3, -0.25) is 0 Å². The summed E-state index contributed by atoms with van der Waals surface area (Å²) in [6.07, 6.45) is 7.00. The van der Waals surface area contributed by atoms with E-state index < -0.39 is 0 Å². The predicted molar refractivity (Wildman–Crippen MR) is 78.9 cm³/mol. The Balaban J connectivity index is 1.92. The minimum Gasteiger partial charge on any atom is -0.377 e. The molecule has 1 saturated carbocycles. The van der Waals surface area contributed by atoms with E-state index in [1.165, 1.54) is 32.1 Å². The molecule has 1 rings (SSSR count). The van der Waals surface area contributed by atoms with Gasteiger partial charge in [0.1, 0.15) is 0 Å². The maximum absolute atomic E-state index is 5.97. The van der Waals surface area contributed by atoms with Gasteiger partial charge in [-0.2, -0.15) is 0 Å². The molecule has 1 aliphatic carbocycles. The summed E-state index contributed by atoms with van der Waals surface area (Å²) < 4.78 is 5.97. The van der Waals surface area contributed by atoms with Crippen molar-refractivity contribution in [3.63, 3.8) is 0 Å². The van der Waals surface area contributed by atoms with Crippen LogP contribution in [0.25, 0.3) is 0 Å². The lowest BCUT2D eigenvalue weighted by Crippen LogP contribution is -2.29. The minimum atomic E-state index is 0.522. The van der Waals surface area contributed by atoms with Gasteiger partial charge in [-0.25, -0.2) is 0 Å². The second kappa shape index (κ2) is 8.92. The van der Waals surface area contributed by atoms with E-state index in [1.54, 1.807) is 0 Å². The second-order valence-corrected chi connectivity index (χ2v) is 6.55. The van der Waals surface area contributed by atoms with E-state index in [0.29, 0.717) is 6.10 Å². The average molecular weight is 255 g/mol. The van der Waals surface area contributed by atoms with E-state index in [4.69, 9.17) is 4.74 Å². The Kier molecular flexibility index (Phi) is 7.92. The molecule has 108 valence electrons. The molecule has 18 heavy (non-hydrogen) atoms. The van der Waals surface area contributed by atoms with Crippen LogP contribution in [0.5, 0.6) is 0 Å². The molecule has 1 N–H and O–H groups in total. The van der Waals surface area contributed by atoms with E-state index >= 15 is 0 Å². The van der Waals surface area contributed by atoms with Gasteiger partial charge in [0, 0.05) is 6.54 Å².